The molecule has 1 heterocycles. The molecule has 0 spiro atoms. The normalized spacial score (nSPS) is 14.2. The van der Waals surface area contributed by atoms with E-state index in [4.69, 9.17) is 16.3 Å². The van der Waals surface area contributed by atoms with Gasteiger partial charge >= 0.3 is 0 Å². The van der Waals surface area contributed by atoms with Gasteiger partial charge in [0.05, 0.1) is 7.11 Å². The van der Waals surface area contributed by atoms with E-state index in [1.807, 2.05) is 42.2 Å². The predicted molar refractivity (Wildman–Crippen MR) is 111 cm³/mol. The average molecular weight is 388 g/mol. The van der Waals surface area contributed by atoms with E-state index in [-0.39, 0.29) is 5.91 Å². The molecule has 0 aliphatic carbocycles. The van der Waals surface area contributed by atoms with E-state index >= 15 is 0 Å². The molecule has 0 unspecified atom stereocenters. The maximum atomic E-state index is 12.5. The molecule has 0 radical (unpaired) electrons. The zero-order valence-corrected chi connectivity index (χ0v) is 16.6. The Hall–Kier alpha value is -2.40. The van der Waals surface area contributed by atoms with E-state index in [1.165, 1.54) is 5.69 Å². The zero-order valence-electron chi connectivity index (χ0n) is 15.9. The second-order valence-corrected chi connectivity index (χ2v) is 7.14. The average Bonchev–Trinajstić information content (AvgIpc) is 2.70. The molecule has 0 bridgehead atoms. The SMILES string of the molecule is COc1ccc(N2CCN(C(=O)CCNc3ccc(Cl)cc3C)CC2)cc1. The van der Waals surface area contributed by atoms with Crippen molar-refractivity contribution >= 4 is 28.9 Å². The number of methoxy groups -OCH3 is 1. The summed E-state index contributed by atoms with van der Waals surface area (Å²) in [6.45, 7) is 5.84. The lowest BCUT2D eigenvalue weighted by molar-refractivity contribution is -0.131. The number of hydrogen-bond donors (Lipinski definition) is 1. The molecule has 0 aromatic heterocycles. The molecule has 1 amide bonds. The third kappa shape index (κ3) is 5.07. The first kappa shape index (κ1) is 19.4. The summed E-state index contributed by atoms with van der Waals surface area (Å²) in [4.78, 5) is 16.7. The van der Waals surface area contributed by atoms with Crippen LogP contribution in [-0.2, 0) is 4.79 Å². The molecule has 144 valence electrons. The molecule has 6 heteroatoms. The minimum atomic E-state index is 0.198. The maximum absolute atomic E-state index is 12.5. The molecule has 1 aliphatic rings. The molecule has 0 saturated carbocycles. The number of hydrogen-bond acceptors (Lipinski definition) is 4. The fourth-order valence-corrected chi connectivity index (χ4v) is 3.52. The van der Waals surface area contributed by atoms with E-state index in [9.17, 15) is 4.79 Å². The third-order valence-corrected chi connectivity index (χ3v) is 5.15. The molecule has 1 saturated heterocycles. The number of benzene rings is 2. The van der Waals surface area contributed by atoms with E-state index < -0.39 is 0 Å². The first-order valence-corrected chi connectivity index (χ1v) is 9.61. The van der Waals surface area contributed by atoms with Crippen molar-refractivity contribution in [3.63, 3.8) is 0 Å². The number of amides is 1. The molecule has 1 aliphatic heterocycles. The van der Waals surface area contributed by atoms with Crippen LogP contribution in [0.5, 0.6) is 5.75 Å². The summed E-state index contributed by atoms with van der Waals surface area (Å²) < 4.78 is 5.20. The molecular weight excluding hydrogens is 362 g/mol. The highest BCUT2D eigenvalue weighted by Gasteiger charge is 2.21. The van der Waals surface area contributed by atoms with Gasteiger partial charge in [0.1, 0.15) is 5.75 Å². The molecule has 2 aromatic rings. The summed E-state index contributed by atoms with van der Waals surface area (Å²) in [7, 11) is 1.67. The van der Waals surface area contributed by atoms with Crippen LogP contribution in [0.3, 0.4) is 0 Å². The van der Waals surface area contributed by atoms with Gasteiger partial charge in [-0.2, -0.15) is 0 Å². The van der Waals surface area contributed by atoms with Gasteiger partial charge in [0, 0.05) is 55.5 Å². The number of nitrogens with zero attached hydrogens (tertiary/aromatic N) is 2. The van der Waals surface area contributed by atoms with Gasteiger partial charge in [-0.3, -0.25) is 4.79 Å². The van der Waals surface area contributed by atoms with E-state index in [0.29, 0.717) is 13.0 Å². The number of piperazine rings is 1. The number of halogens is 1. The van der Waals surface area contributed by atoms with Crippen molar-refractivity contribution in [1.29, 1.82) is 0 Å². The molecule has 27 heavy (non-hydrogen) atoms. The second-order valence-electron chi connectivity index (χ2n) is 6.70. The Morgan fingerprint density at radius 2 is 1.81 bits per heavy atom. The highest BCUT2D eigenvalue weighted by atomic mass is 35.5. The molecule has 5 nitrogen and oxygen atoms in total. The molecular formula is C21H26ClN3O2. The number of ether oxygens (including phenoxy) is 1. The molecule has 0 atom stereocenters. The summed E-state index contributed by atoms with van der Waals surface area (Å²) in [5, 5.41) is 4.05. The minimum Gasteiger partial charge on any atom is -0.497 e. The van der Waals surface area contributed by atoms with Gasteiger partial charge in [-0.05, 0) is 55.0 Å². The Bertz CT molecular complexity index is 771. The van der Waals surface area contributed by atoms with Crippen LogP contribution in [0.1, 0.15) is 12.0 Å². The first-order chi connectivity index (χ1) is 13.1. The van der Waals surface area contributed by atoms with Crippen molar-refractivity contribution < 1.29 is 9.53 Å². The number of carbonyl (C=O) groups is 1. The lowest BCUT2D eigenvalue weighted by atomic mass is 10.2. The van der Waals surface area contributed by atoms with Gasteiger partial charge in [-0.1, -0.05) is 11.6 Å². The minimum absolute atomic E-state index is 0.198. The van der Waals surface area contributed by atoms with Crippen LogP contribution in [0.2, 0.25) is 5.02 Å². The lowest BCUT2D eigenvalue weighted by Crippen LogP contribution is -2.49. The Labute approximate surface area is 165 Å². The van der Waals surface area contributed by atoms with Gasteiger partial charge in [0.15, 0.2) is 0 Å². The van der Waals surface area contributed by atoms with E-state index in [1.54, 1.807) is 7.11 Å². The van der Waals surface area contributed by atoms with Crippen LogP contribution in [0.4, 0.5) is 11.4 Å². The van der Waals surface area contributed by atoms with Gasteiger partial charge in [0.25, 0.3) is 0 Å². The maximum Gasteiger partial charge on any atom is 0.224 e. The Morgan fingerprint density at radius 1 is 1.11 bits per heavy atom. The van der Waals surface area contributed by atoms with Crippen LogP contribution < -0.4 is 15.0 Å². The largest absolute Gasteiger partial charge is 0.497 e. The van der Waals surface area contributed by atoms with Gasteiger partial charge in [-0.25, -0.2) is 0 Å². The van der Waals surface area contributed by atoms with Crippen molar-refractivity contribution in [2.24, 2.45) is 0 Å². The summed E-state index contributed by atoms with van der Waals surface area (Å²) in [5.74, 6) is 1.06. The highest BCUT2D eigenvalue weighted by molar-refractivity contribution is 6.30. The molecule has 1 N–H and O–H groups in total. The fourth-order valence-electron chi connectivity index (χ4n) is 3.29. The Kier molecular flexibility index (Phi) is 6.45. The Balaban J connectivity index is 1.44. The van der Waals surface area contributed by atoms with Crippen LogP contribution in [-0.4, -0.2) is 50.6 Å². The molecule has 2 aromatic carbocycles. The predicted octanol–water partition coefficient (Wildman–Crippen LogP) is 3.81. The summed E-state index contributed by atoms with van der Waals surface area (Å²) in [6, 6.07) is 13.8. The fraction of sp³-hybridized carbons (Fsp3) is 0.381. The molecule has 3 rings (SSSR count). The van der Waals surface area contributed by atoms with Crippen molar-refractivity contribution in [3.8, 4) is 5.75 Å². The standard InChI is InChI=1S/C21H26ClN3O2/c1-16-15-17(22)3-8-20(16)23-10-9-21(26)25-13-11-24(12-14-25)18-4-6-19(27-2)7-5-18/h3-8,15,23H,9-14H2,1-2H3. The zero-order chi connectivity index (χ0) is 19.2. The summed E-state index contributed by atoms with van der Waals surface area (Å²) >= 11 is 5.98. The van der Waals surface area contributed by atoms with Crippen molar-refractivity contribution in [1.82, 2.24) is 4.90 Å². The lowest BCUT2D eigenvalue weighted by Gasteiger charge is -2.36. The quantitative estimate of drug-likeness (QED) is 0.818. The Morgan fingerprint density at radius 3 is 2.44 bits per heavy atom. The van der Waals surface area contributed by atoms with Gasteiger partial charge in [0.2, 0.25) is 5.91 Å². The van der Waals surface area contributed by atoms with Gasteiger partial charge < -0.3 is 19.9 Å². The van der Waals surface area contributed by atoms with E-state index in [0.717, 1.165) is 48.2 Å². The number of aryl methyl sites for hydroxylation is 1. The monoisotopic (exact) mass is 387 g/mol. The highest BCUT2D eigenvalue weighted by Crippen LogP contribution is 2.21. The molecule has 1 fully saturated rings. The van der Waals surface area contributed by atoms with Gasteiger partial charge in [-0.15, -0.1) is 0 Å². The smallest absolute Gasteiger partial charge is 0.224 e. The van der Waals surface area contributed by atoms with Crippen molar-refractivity contribution in [2.45, 2.75) is 13.3 Å². The second kappa shape index (κ2) is 9.00. The number of nitrogens with one attached hydrogen (secondary N) is 1. The number of rotatable bonds is 6. The van der Waals surface area contributed by atoms with Crippen LogP contribution in [0.25, 0.3) is 0 Å². The van der Waals surface area contributed by atoms with Crippen molar-refractivity contribution in [3.05, 3.63) is 53.1 Å². The summed E-state index contributed by atoms with van der Waals surface area (Å²) in [6.07, 6.45) is 0.491. The third-order valence-electron chi connectivity index (χ3n) is 4.91. The van der Waals surface area contributed by atoms with Crippen LogP contribution in [0, 0.1) is 6.92 Å². The summed E-state index contributed by atoms with van der Waals surface area (Å²) in [5.41, 5.74) is 3.28. The number of carbonyl (C=O) groups excluding carboxylic acids is 1. The van der Waals surface area contributed by atoms with E-state index in [2.05, 4.69) is 22.3 Å². The van der Waals surface area contributed by atoms with Crippen LogP contribution >= 0.6 is 11.6 Å². The number of anilines is 2. The first-order valence-electron chi connectivity index (χ1n) is 9.23. The topological polar surface area (TPSA) is 44.8 Å². The van der Waals surface area contributed by atoms with Crippen LogP contribution in [0.15, 0.2) is 42.5 Å². The van der Waals surface area contributed by atoms with Crippen molar-refractivity contribution in [2.75, 3.05) is 50.1 Å².